The molecule has 0 radical (unpaired) electrons. The first kappa shape index (κ1) is 19.7. The fourth-order valence-electron chi connectivity index (χ4n) is 1.66. The number of hydrogen-bond donors (Lipinski definition) is 0. The smallest absolute Gasteiger partial charge is 0.111 e. The van der Waals surface area contributed by atoms with Crippen molar-refractivity contribution in [3.8, 4) is 0 Å². The van der Waals surface area contributed by atoms with Crippen LogP contribution in [-0.2, 0) is 28.4 Å². The van der Waals surface area contributed by atoms with Gasteiger partial charge in [-0.3, -0.25) is 0 Å². The molecule has 1 atom stereocenters. The van der Waals surface area contributed by atoms with Crippen LogP contribution in [0.25, 0.3) is 0 Å². The van der Waals surface area contributed by atoms with E-state index in [1.165, 1.54) is 24.8 Å². The van der Waals surface area contributed by atoms with E-state index in [1.807, 2.05) is 42.5 Å². The van der Waals surface area contributed by atoms with Crippen molar-refractivity contribution in [2.24, 2.45) is 0 Å². The van der Waals surface area contributed by atoms with Crippen LogP contribution in [0.4, 0.5) is 0 Å². The molecule has 0 fully saturated rings. The van der Waals surface area contributed by atoms with E-state index in [1.54, 1.807) is 0 Å². The summed E-state index contributed by atoms with van der Waals surface area (Å²) in [5, 5.41) is 0.212. The molecule has 0 bridgehead atoms. The number of halogens is 1. The van der Waals surface area contributed by atoms with Gasteiger partial charge in [0.2, 0.25) is 0 Å². The van der Waals surface area contributed by atoms with Gasteiger partial charge in [0.25, 0.3) is 0 Å². The van der Waals surface area contributed by atoms with Crippen LogP contribution in [0.15, 0.2) is 54.6 Å². The molecule has 2 rings (SSSR count). The fraction of sp³-hybridized carbons (Fsp3) is 0.412. The Labute approximate surface area is 142 Å². The summed E-state index contributed by atoms with van der Waals surface area (Å²) in [5.41, 5.74) is 1.25. The van der Waals surface area contributed by atoms with Crippen LogP contribution in [0, 0.1) is 0 Å². The normalized spacial score (nSPS) is 11.1. The Hall–Kier alpha value is -0.341. The number of ether oxygens (including phenoxy) is 1. The van der Waals surface area contributed by atoms with Crippen LogP contribution in [0.1, 0.15) is 38.2 Å². The van der Waals surface area contributed by atoms with Crippen molar-refractivity contribution in [3.63, 3.8) is 0 Å². The minimum Gasteiger partial charge on any atom is -0.748 e. The molecule has 2 aromatic carbocycles. The van der Waals surface area contributed by atoms with Gasteiger partial charge in [0.1, 0.15) is 5.01 Å². The van der Waals surface area contributed by atoms with Crippen molar-refractivity contribution >= 4 is 15.9 Å². The molecule has 2 aromatic rings. The standard InChI is InChI=1S/C12H18BrO.C5H5.Fe/c1-2-3-4-9-12(13)14-10-11-7-5-6-8-11;1-2-4-5-3-1;/h5-8,12H,2-4,9-10H2,1H3;1-5H;/q-1;-5;. The van der Waals surface area contributed by atoms with Crippen LogP contribution in [-0.4, -0.2) is 5.01 Å². The monoisotopic (exact) mass is 378 g/mol. The van der Waals surface area contributed by atoms with E-state index in [9.17, 15) is 0 Å². The second-order valence-electron chi connectivity index (χ2n) is 4.47. The summed E-state index contributed by atoms with van der Waals surface area (Å²) in [6.07, 6.45) is 4.91. The molecule has 0 heterocycles. The molecule has 1 nitrogen and oxygen atoms in total. The molecule has 0 saturated heterocycles. The SMILES string of the molecule is CCCCCC(Br)OC[c-]1cccc1.[Fe].[cH-]1[cH-][cH-][cH-][cH-]1. The molecule has 0 aliphatic carbocycles. The first-order valence-corrected chi connectivity index (χ1v) is 7.87. The van der Waals surface area contributed by atoms with Gasteiger partial charge in [-0.2, -0.15) is 12.1 Å². The molecular formula is C17H23BrFeO-6. The molecule has 118 valence electrons. The van der Waals surface area contributed by atoms with Crippen LogP contribution < -0.4 is 0 Å². The fourth-order valence-corrected chi connectivity index (χ4v) is 2.11. The first-order valence-electron chi connectivity index (χ1n) is 6.96. The summed E-state index contributed by atoms with van der Waals surface area (Å²) in [6, 6.07) is 18.3. The average molecular weight is 379 g/mol. The van der Waals surface area contributed by atoms with Crippen molar-refractivity contribution in [2.75, 3.05) is 0 Å². The maximum Gasteiger partial charge on any atom is 0.111 e. The second kappa shape index (κ2) is 13.6. The minimum atomic E-state index is 0. The third-order valence-corrected chi connectivity index (χ3v) is 3.47. The number of alkyl halides is 1. The van der Waals surface area contributed by atoms with Crippen molar-refractivity contribution in [1.82, 2.24) is 0 Å². The largest absolute Gasteiger partial charge is 0.748 e. The van der Waals surface area contributed by atoms with Crippen molar-refractivity contribution < 1.29 is 21.8 Å². The Morgan fingerprint density at radius 2 is 1.60 bits per heavy atom. The second-order valence-corrected chi connectivity index (χ2v) is 5.49. The van der Waals surface area contributed by atoms with Gasteiger partial charge in [0.05, 0.1) is 0 Å². The van der Waals surface area contributed by atoms with Crippen molar-refractivity contribution in [2.45, 2.75) is 44.2 Å². The summed E-state index contributed by atoms with van der Waals surface area (Å²) in [5.74, 6) is 0. The van der Waals surface area contributed by atoms with Gasteiger partial charge < -0.3 is 35.1 Å². The minimum absolute atomic E-state index is 0. The maximum absolute atomic E-state index is 5.65. The number of rotatable bonds is 7. The molecule has 0 aliphatic rings. The third kappa shape index (κ3) is 10.4. The molecule has 0 aromatic heterocycles. The summed E-state index contributed by atoms with van der Waals surface area (Å²) in [4.78, 5) is 0. The third-order valence-electron chi connectivity index (χ3n) is 2.75. The van der Waals surface area contributed by atoms with Crippen LogP contribution in [0.3, 0.4) is 0 Å². The van der Waals surface area contributed by atoms with Crippen LogP contribution in [0.5, 0.6) is 0 Å². The van der Waals surface area contributed by atoms with E-state index in [0.717, 1.165) is 13.0 Å². The predicted molar refractivity (Wildman–Crippen MR) is 85.7 cm³/mol. The predicted octanol–water partition coefficient (Wildman–Crippen LogP) is 5.63. The van der Waals surface area contributed by atoms with Gasteiger partial charge in [-0.05, 0) is 6.42 Å². The molecule has 3 heteroatoms. The van der Waals surface area contributed by atoms with Crippen LogP contribution in [0.2, 0.25) is 0 Å². The Kier molecular flexibility index (Phi) is 13.4. The molecule has 0 saturated carbocycles. The van der Waals surface area contributed by atoms with Crippen molar-refractivity contribution in [1.29, 1.82) is 0 Å². The topological polar surface area (TPSA) is 9.23 Å². The quantitative estimate of drug-likeness (QED) is 0.262. The molecule has 0 spiro atoms. The molecule has 0 amide bonds. The van der Waals surface area contributed by atoms with Crippen molar-refractivity contribution in [3.05, 3.63) is 60.2 Å². The van der Waals surface area contributed by atoms with Gasteiger partial charge in [-0.15, -0.1) is 5.56 Å². The van der Waals surface area contributed by atoms with E-state index in [-0.39, 0.29) is 22.1 Å². The molecule has 20 heavy (non-hydrogen) atoms. The zero-order valence-corrected chi connectivity index (χ0v) is 14.6. The first-order chi connectivity index (χ1) is 9.33. The van der Waals surface area contributed by atoms with Gasteiger partial charge >= 0.3 is 0 Å². The van der Waals surface area contributed by atoms with E-state index < -0.39 is 0 Å². The summed E-state index contributed by atoms with van der Waals surface area (Å²) in [7, 11) is 0. The molecular weight excluding hydrogens is 356 g/mol. The zero-order chi connectivity index (χ0) is 13.8. The molecule has 0 N–H and O–H groups in total. The van der Waals surface area contributed by atoms with Gasteiger partial charge in [-0.1, -0.05) is 42.1 Å². The van der Waals surface area contributed by atoms with E-state index in [4.69, 9.17) is 4.74 Å². The summed E-state index contributed by atoms with van der Waals surface area (Å²) < 4.78 is 5.65. The van der Waals surface area contributed by atoms with Crippen LogP contribution >= 0.6 is 15.9 Å². The van der Waals surface area contributed by atoms with Gasteiger partial charge in [0.15, 0.2) is 0 Å². The van der Waals surface area contributed by atoms with Gasteiger partial charge in [-0.25, -0.2) is 12.1 Å². The van der Waals surface area contributed by atoms with E-state index in [0.29, 0.717) is 0 Å². The van der Waals surface area contributed by atoms with E-state index >= 15 is 0 Å². The Morgan fingerprint density at radius 1 is 1.05 bits per heavy atom. The summed E-state index contributed by atoms with van der Waals surface area (Å²) in [6.45, 7) is 2.93. The number of hydrogen-bond acceptors (Lipinski definition) is 1. The van der Waals surface area contributed by atoms with E-state index in [2.05, 4.69) is 35.0 Å². The Balaban J connectivity index is 0.000000507. The Bertz CT molecular complexity index is 352. The molecule has 1 unspecified atom stereocenters. The Morgan fingerprint density at radius 3 is 2.10 bits per heavy atom. The van der Waals surface area contributed by atoms with Gasteiger partial charge in [0, 0.05) is 23.7 Å². The number of unbranched alkanes of at least 4 members (excludes halogenated alkanes) is 2. The molecule has 0 aliphatic heterocycles. The average Bonchev–Trinajstić information content (AvgIpc) is 3.12. The summed E-state index contributed by atoms with van der Waals surface area (Å²) >= 11 is 3.53. The zero-order valence-electron chi connectivity index (χ0n) is 11.9. The maximum atomic E-state index is 5.65.